The second kappa shape index (κ2) is 10.1. The lowest BCUT2D eigenvalue weighted by atomic mass is 9.87. The summed E-state index contributed by atoms with van der Waals surface area (Å²) in [6.07, 6.45) is 0.327. The Labute approximate surface area is 241 Å². The largest absolute Gasteiger partial charge is 0.508 e. The van der Waals surface area contributed by atoms with E-state index < -0.39 is 63.0 Å². The van der Waals surface area contributed by atoms with E-state index in [0.717, 1.165) is 16.7 Å². The lowest BCUT2D eigenvalue weighted by Crippen LogP contribution is -2.80. The number of carboxylic acid groups (broad SMARTS) is 1. The minimum Gasteiger partial charge on any atom is -0.508 e. The Morgan fingerprint density at radius 2 is 1.81 bits per heavy atom. The molecule has 0 aliphatic carbocycles. The molecule has 0 radical (unpaired) electrons. The molecule has 14 nitrogen and oxygen atoms in total. The maximum atomic E-state index is 14.2. The average molecular weight is 596 g/mol. The third-order valence-corrected chi connectivity index (χ3v) is 9.00. The van der Waals surface area contributed by atoms with Gasteiger partial charge >= 0.3 is 17.6 Å². The van der Waals surface area contributed by atoms with Crippen molar-refractivity contribution >= 4 is 58.6 Å². The van der Waals surface area contributed by atoms with Gasteiger partial charge in [0.05, 0.1) is 4.75 Å². The zero-order valence-electron chi connectivity index (χ0n) is 22.1. The summed E-state index contributed by atoms with van der Waals surface area (Å²) in [5.41, 5.74) is 2.22. The van der Waals surface area contributed by atoms with Crippen LogP contribution in [0.25, 0.3) is 11.0 Å². The summed E-state index contributed by atoms with van der Waals surface area (Å²) in [6, 6.07) is 8.76. The normalized spacial score (nSPS) is 22.9. The van der Waals surface area contributed by atoms with Crippen molar-refractivity contribution in [3.05, 3.63) is 70.6 Å². The Morgan fingerprint density at radius 1 is 1.14 bits per heavy atom. The number of nitrogens with one attached hydrogen (secondary N) is 2. The highest BCUT2D eigenvalue weighted by Gasteiger charge is 2.74. The van der Waals surface area contributed by atoms with Crippen molar-refractivity contribution in [3.8, 4) is 5.75 Å². The molecule has 3 heterocycles. The lowest BCUT2D eigenvalue weighted by molar-refractivity contribution is -0.176. The molecule has 5 rings (SSSR count). The monoisotopic (exact) mass is 595 g/mol. The number of carbonyl (C=O) groups is 5. The van der Waals surface area contributed by atoms with E-state index in [2.05, 4.69) is 10.6 Å². The van der Waals surface area contributed by atoms with Crippen molar-refractivity contribution in [1.29, 1.82) is 0 Å². The number of phenolic OH excluding ortho intramolecular Hbond substituents is 1. The summed E-state index contributed by atoms with van der Waals surface area (Å²) in [5.74, 6) is -3.60. The van der Waals surface area contributed by atoms with Gasteiger partial charge in [0.1, 0.15) is 34.5 Å². The van der Waals surface area contributed by atoms with Crippen molar-refractivity contribution < 1.29 is 38.6 Å². The Kier molecular flexibility index (Phi) is 6.85. The highest BCUT2D eigenvalue weighted by molar-refractivity contribution is 8.01. The molecular weight excluding hydrogens is 570 g/mol. The van der Waals surface area contributed by atoms with E-state index in [4.69, 9.17) is 10.2 Å². The minimum absolute atomic E-state index is 0.0487. The van der Waals surface area contributed by atoms with Crippen LogP contribution in [0.15, 0.2) is 63.8 Å². The van der Waals surface area contributed by atoms with Crippen LogP contribution in [0.4, 0.5) is 10.5 Å². The van der Waals surface area contributed by atoms with Crippen LogP contribution in [-0.4, -0.2) is 67.2 Å². The summed E-state index contributed by atoms with van der Waals surface area (Å²) in [7, 11) is 0. The summed E-state index contributed by atoms with van der Waals surface area (Å²) >= 11 is 1.06. The fraction of sp³-hybridized carbons (Fsp3) is 0.259. The second-order valence-corrected chi connectivity index (χ2v) is 11.9. The number of rotatable bonds is 8. The summed E-state index contributed by atoms with van der Waals surface area (Å²) < 4.78 is 4.01. The van der Waals surface area contributed by atoms with Crippen LogP contribution in [0.3, 0.4) is 0 Å². The highest BCUT2D eigenvalue weighted by Crippen LogP contribution is 2.55. The molecule has 1 unspecified atom stereocenters. The number of urea groups is 1. The van der Waals surface area contributed by atoms with Gasteiger partial charge < -0.3 is 31.0 Å². The molecule has 6 N–H and O–H groups in total. The predicted molar refractivity (Wildman–Crippen MR) is 149 cm³/mol. The van der Waals surface area contributed by atoms with E-state index in [-0.39, 0.29) is 16.9 Å². The van der Waals surface area contributed by atoms with E-state index in [9.17, 15) is 39.0 Å². The molecule has 218 valence electrons. The second-order valence-electron chi connectivity index (χ2n) is 10.2. The lowest BCUT2D eigenvalue weighted by Gasteiger charge is -2.49. The van der Waals surface area contributed by atoms with Crippen LogP contribution in [-0.2, 0) is 19.2 Å². The first kappa shape index (κ1) is 28.5. The quantitative estimate of drug-likeness (QED) is 0.141. The van der Waals surface area contributed by atoms with Gasteiger partial charge in [-0.1, -0.05) is 30.3 Å². The Bertz CT molecular complexity index is 1690. The first-order valence-corrected chi connectivity index (χ1v) is 13.4. The van der Waals surface area contributed by atoms with Crippen LogP contribution in [0, 0.1) is 0 Å². The van der Waals surface area contributed by atoms with Crippen molar-refractivity contribution in [3.63, 3.8) is 0 Å². The number of carboxylic acids is 1. The van der Waals surface area contributed by atoms with Gasteiger partial charge in [-0.2, -0.15) is 0 Å². The fourth-order valence-electron chi connectivity index (χ4n) is 5.39. The highest BCUT2D eigenvalue weighted by atomic mass is 32.2. The van der Waals surface area contributed by atoms with E-state index in [1.807, 2.05) is 0 Å². The van der Waals surface area contributed by atoms with E-state index in [1.54, 1.807) is 18.2 Å². The Balaban J connectivity index is 1.65. The van der Waals surface area contributed by atoms with Crippen molar-refractivity contribution in [1.82, 2.24) is 15.5 Å². The summed E-state index contributed by atoms with van der Waals surface area (Å²) in [4.78, 5) is 78.9. The number of thioether (sulfide) groups is 1. The number of aromatic hydroxyl groups is 1. The van der Waals surface area contributed by atoms with Gasteiger partial charge in [0.25, 0.3) is 5.91 Å². The number of hydrogen-bond acceptors (Lipinski definition) is 9. The molecule has 15 heteroatoms. The number of β-lactam (4-membered cyclic amide) rings is 1. The number of fused-ring (bicyclic) bond motifs is 2. The molecule has 2 aliphatic heterocycles. The fourth-order valence-corrected chi connectivity index (χ4v) is 7.10. The number of nitrogens with zero attached hydrogens (tertiary/aromatic N) is 2. The molecule has 5 amide bonds. The molecule has 4 atom stereocenters. The smallest absolute Gasteiger partial charge is 0.360 e. The molecule has 0 saturated carbocycles. The van der Waals surface area contributed by atoms with Crippen LogP contribution in [0.5, 0.6) is 5.75 Å². The molecule has 2 aromatic carbocycles. The van der Waals surface area contributed by atoms with Gasteiger partial charge in [-0.15, -0.1) is 11.8 Å². The molecule has 0 bridgehead atoms. The van der Waals surface area contributed by atoms with Crippen molar-refractivity contribution in [2.75, 3.05) is 4.90 Å². The number of carbonyl (C=O) groups excluding carboxylic acids is 4. The zero-order valence-corrected chi connectivity index (χ0v) is 23.0. The number of phenols is 1. The first-order chi connectivity index (χ1) is 19.8. The molecule has 2 aliphatic rings. The molecule has 42 heavy (non-hydrogen) atoms. The number of anilines is 1. The summed E-state index contributed by atoms with van der Waals surface area (Å²) in [6.45, 7) is 3.02. The number of hydrogen-bond donors (Lipinski definition) is 5. The predicted octanol–water partition coefficient (Wildman–Crippen LogP) is 0.830. The Morgan fingerprint density at radius 3 is 2.43 bits per heavy atom. The third-order valence-electron chi connectivity index (χ3n) is 7.39. The first-order valence-electron chi connectivity index (χ1n) is 12.5. The van der Waals surface area contributed by atoms with Gasteiger partial charge in [0.2, 0.25) is 18.0 Å². The van der Waals surface area contributed by atoms with Gasteiger partial charge in [-0.3, -0.25) is 24.2 Å². The van der Waals surface area contributed by atoms with Gasteiger partial charge in [0.15, 0.2) is 0 Å². The molecular formula is C27H25N5O9S. The standard InChI is InChI=1S/C27H25N5O9S/c1-26(2)27(24(38)39,32-21(36)18(29-12-33)22(32)42-26)30-20(35)19(13-7-9-15(34)10-8-13)31(25(28)40)16-11-14-5-3-4-6-17(14)41-23(16)37/h3-12,18-19,22,34H,1-2H3,(H2,28,40)(H,29,33)(H,30,35)(H,38,39)/t18-,19?,22-,27+/m1/s1. The number of aliphatic carboxylic acids is 1. The van der Waals surface area contributed by atoms with Crippen LogP contribution >= 0.6 is 11.8 Å². The molecule has 2 fully saturated rings. The minimum atomic E-state index is -2.34. The van der Waals surface area contributed by atoms with Gasteiger partial charge in [0, 0.05) is 5.39 Å². The van der Waals surface area contributed by atoms with E-state index in [0.29, 0.717) is 16.7 Å². The van der Waals surface area contributed by atoms with Crippen LogP contribution < -0.4 is 26.9 Å². The van der Waals surface area contributed by atoms with Crippen LogP contribution in [0.2, 0.25) is 0 Å². The van der Waals surface area contributed by atoms with E-state index >= 15 is 0 Å². The maximum Gasteiger partial charge on any atom is 0.360 e. The number of benzene rings is 2. The SMILES string of the molecule is CC1(C)S[C@@H]2[C@H](NC=O)C(=O)N2[C@@]1(NC(=O)C(c1ccc(O)cc1)N(C(N)=O)c1cc2ccccc2oc1=O)C(=O)O. The van der Waals surface area contributed by atoms with Crippen molar-refractivity contribution in [2.45, 2.75) is 41.7 Å². The molecule has 1 aromatic heterocycles. The average Bonchev–Trinajstić information content (AvgIpc) is 3.14. The Hall–Kier alpha value is -5.05. The van der Waals surface area contributed by atoms with Gasteiger partial charge in [-0.05, 0) is 43.7 Å². The van der Waals surface area contributed by atoms with E-state index in [1.165, 1.54) is 50.2 Å². The summed E-state index contributed by atoms with van der Waals surface area (Å²) in [5, 5.41) is 24.8. The zero-order chi connectivity index (χ0) is 30.6. The number of para-hydroxylation sites is 1. The number of nitrogens with two attached hydrogens (primary N) is 1. The van der Waals surface area contributed by atoms with Gasteiger partial charge in [-0.25, -0.2) is 14.4 Å². The maximum absolute atomic E-state index is 14.2. The third kappa shape index (κ3) is 4.20. The number of amides is 5. The van der Waals surface area contributed by atoms with Crippen molar-refractivity contribution in [2.24, 2.45) is 5.73 Å². The number of primary amides is 1. The van der Waals surface area contributed by atoms with Crippen LogP contribution in [0.1, 0.15) is 25.5 Å². The molecule has 3 aromatic rings. The topological polar surface area (TPSA) is 213 Å². The molecule has 0 spiro atoms. The molecule has 2 saturated heterocycles.